The number of aromatic amines is 2. The highest BCUT2D eigenvalue weighted by molar-refractivity contribution is 7.08. The summed E-state index contributed by atoms with van der Waals surface area (Å²) in [4.78, 5) is 21.8. The van der Waals surface area contributed by atoms with Crippen LogP contribution in [0.1, 0.15) is 12.8 Å². The molecular weight excluding hydrogens is 472 g/mol. The Hall–Kier alpha value is -4.15. The maximum absolute atomic E-state index is 6.19. The molecule has 178 valence electrons. The summed E-state index contributed by atoms with van der Waals surface area (Å²) in [6, 6.07) is 8.10. The molecule has 1 fully saturated rings. The Morgan fingerprint density at radius 1 is 1.00 bits per heavy atom. The molecule has 10 heteroatoms. The van der Waals surface area contributed by atoms with E-state index < -0.39 is 0 Å². The average molecular weight is 495 g/mol. The van der Waals surface area contributed by atoms with Crippen LogP contribution in [0.2, 0.25) is 0 Å². The Bertz CT molecular complexity index is 1670. The smallest absolute Gasteiger partial charge is 0.160 e. The summed E-state index contributed by atoms with van der Waals surface area (Å²) < 4.78 is 6.19. The lowest BCUT2D eigenvalue weighted by atomic mass is 10.1. The lowest BCUT2D eigenvalue weighted by molar-refractivity contribution is 0.162. The normalized spacial score (nSPS) is 14.6. The van der Waals surface area contributed by atoms with E-state index in [9.17, 15) is 0 Å². The Balaban J connectivity index is 1.26. The zero-order valence-electron chi connectivity index (χ0n) is 19.2. The largest absolute Gasteiger partial charge is 0.489 e. The molecule has 0 atom stereocenters. The molecule has 0 bridgehead atoms. The van der Waals surface area contributed by atoms with Crippen molar-refractivity contribution in [2.45, 2.75) is 18.9 Å². The Morgan fingerprint density at radius 2 is 1.94 bits per heavy atom. The molecule has 7 rings (SSSR count). The molecule has 0 amide bonds. The molecule has 0 radical (unpaired) electrons. The first-order chi connectivity index (χ1) is 17.8. The number of nitrogens with zero attached hydrogens (tertiary/aromatic N) is 5. The van der Waals surface area contributed by atoms with E-state index in [0.717, 1.165) is 81.8 Å². The first-order valence-corrected chi connectivity index (χ1v) is 12.8. The molecule has 1 aliphatic rings. The number of piperidine rings is 1. The maximum atomic E-state index is 6.19. The summed E-state index contributed by atoms with van der Waals surface area (Å²) in [6.45, 7) is 1.96. The molecule has 36 heavy (non-hydrogen) atoms. The minimum Gasteiger partial charge on any atom is -0.489 e. The predicted molar refractivity (Wildman–Crippen MR) is 140 cm³/mol. The summed E-state index contributed by atoms with van der Waals surface area (Å²) >= 11 is 1.66. The minimum atomic E-state index is 0.208. The second-order valence-electron chi connectivity index (χ2n) is 8.82. The van der Waals surface area contributed by atoms with Crippen LogP contribution in [0.3, 0.4) is 0 Å². The number of hydrogen-bond acceptors (Lipinski definition) is 8. The lowest BCUT2D eigenvalue weighted by Gasteiger charge is -2.23. The van der Waals surface area contributed by atoms with Crippen molar-refractivity contribution in [1.29, 1.82) is 0 Å². The molecule has 3 N–H and O–H groups in total. The van der Waals surface area contributed by atoms with Crippen molar-refractivity contribution in [3.63, 3.8) is 0 Å². The van der Waals surface area contributed by atoms with E-state index in [2.05, 4.69) is 52.3 Å². The maximum Gasteiger partial charge on any atom is 0.160 e. The summed E-state index contributed by atoms with van der Waals surface area (Å²) in [7, 11) is 0. The van der Waals surface area contributed by atoms with Crippen LogP contribution in [0, 0.1) is 0 Å². The van der Waals surface area contributed by atoms with Gasteiger partial charge in [0.2, 0.25) is 0 Å². The molecule has 7 heterocycles. The van der Waals surface area contributed by atoms with Crippen LogP contribution < -0.4 is 10.1 Å². The average Bonchev–Trinajstić information content (AvgIpc) is 3.68. The Labute approximate surface area is 210 Å². The Morgan fingerprint density at radius 3 is 2.83 bits per heavy atom. The number of rotatable bonds is 5. The molecule has 0 spiro atoms. The van der Waals surface area contributed by atoms with E-state index in [1.807, 2.05) is 18.2 Å². The van der Waals surface area contributed by atoms with Crippen LogP contribution in [-0.2, 0) is 0 Å². The monoisotopic (exact) mass is 494 g/mol. The number of nitrogens with one attached hydrogen (secondary N) is 3. The summed E-state index contributed by atoms with van der Waals surface area (Å²) in [5.41, 5.74) is 6.95. The van der Waals surface area contributed by atoms with Crippen molar-refractivity contribution >= 4 is 33.4 Å². The highest BCUT2D eigenvalue weighted by atomic mass is 32.1. The van der Waals surface area contributed by atoms with Gasteiger partial charge in [-0.2, -0.15) is 16.4 Å². The van der Waals surface area contributed by atoms with Crippen LogP contribution >= 0.6 is 11.3 Å². The molecule has 6 aromatic rings. The van der Waals surface area contributed by atoms with E-state index in [1.165, 1.54) is 0 Å². The molecular formula is C26H22N8OS. The van der Waals surface area contributed by atoms with Gasteiger partial charge in [-0.05, 0) is 66.5 Å². The summed E-state index contributed by atoms with van der Waals surface area (Å²) in [6.07, 6.45) is 9.36. The first-order valence-electron chi connectivity index (χ1n) is 11.9. The van der Waals surface area contributed by atoms with E-state index in [0.29, 0.717) is 5.82 Å². The number of thiophene rings is 1. The van der Waals surface area contributed by atoms with Crippen LogP contribution in [0.5, 0.6) is 5.75 Å². The molecule has 6 aromatic heterocycles. The standard InChI is InChI=1S/C26H22N8OS/c1-5-27-6-2-17(1)35-18-9-16(11-28-12-18)21-10-20-22(13-30-21)33-34-24(20)26-31-23-19(15-4-8-36-14-15)3-7-29-25(23)32-26/h3-4,7-14,17,27H,1-2,5-6H2,(H,33,34)(H,29,31,32). The fourth-order valence-electron chi connectivity index (χ4n) is 4.66. The predicted octanol–water partition coefficient (Wildman–Crippen LogP) is 4.82. The number of fused-ring (bicyclic) bond motifs is 2. The number of H-pyrrole nitrogens is 2. The third-order valence-corrected chi connectivity index (χ3v) is 7.17. The van der Waals surface area contributed by atoms with Gasteiger partial charge in [-0.3, -0.25) is 15.1 Å². The number of hydrogen-bond donors (Lipinski definition) is 3. The quantitative estimate of drug-likeness (QED) is 0.315. The molecule has 0 aliphatic carbocycles. The second kappa shape index (κ2) is 8.81. The fraction of sp³-hybridized carbons (Fsp3) is 0.192. The van der Waals surface area contributed by atoms with Crippen molar-refractivity contribution in [2.75, 3.05) is 13.1 Å². The van der Waals surface area contributed by atoms with Crippen molar-refractivity contribution in [3.05, 3.63) is 59.8 Å². The van der Waals surface area contributed by atoms with Crippen LogP contribution in [0.15, 0.2) is 59.8 Å². The zero-order chi connectivity index (χ0) is 23.9. The number of imidazole rings is 1. The van der Waals surface area contributed by atoms with Gasteiger partial charge in [0.1, 0.15) is 23.1 Å². The van der Waals surface area contributed by atoms with Crippen molar-refractivity contribution < 1.29 is 4.74 Å². The van der Waals surface area contributed by atoms with E-state index in [4.69, 9.17) is 9.72 Å². The first kappa shape index (κ1) is 21.2. The van der Waals surface area contributed by atoms with Crippen LogP contribution in [-0.4, -0.2) is 54.3 Å². The molecule has 0 aromatic carbocycles. The van der Waals surface area contributed by atoms with Gasteiger partial charge in [-0.15, -0.1) is 0 Å². The Kier molecular flexibility index (Phi) is 5.18. The lowest BCUT2D eigenvalue weighted by Crippen LogP contribution is -2.34. The van der Waals surface area contributed by atoms with Gasteiger partial charge < -0.3 is 15.0 Å². The molecule has 0 saturated carbocycles. The van der Waals surface area contributed by atoms with E-state index in [1.54, 1.807) is 36.1 Å². The second-order valence-corrected chi connectivity index (χ2v) is 9.60. The van der Waals surface area contributed by atoms with E-state index >= 15 is 0 Å². The van der Waals surface area contributed by atoms with Crippen molar-refractivity contribution in [3.8, 4) is 39.7 Å². The van der Waals surface area contributed by atoms with Crippen LogP contribution in [0.4, 0.5) is 0 Å². The molecule has 0 unspecified atom stereocenters. The van der Waals surface area contributed by atoms with Gasteiger partial charge in [-0.25, -0.2) is 9.97 Å². The molecule has 9 nitrogen and oxygen atoms in total. The van der Waals surface area contributed by atoms with Crippen molar-refractivity contribution in [1.82, 2.24) is 40.4 Å². The van der Waals surface area contributed by atoms with Gasteiger partial charge >= 0.3 is 0 Å². The van der Waals surface area contributed by atoms with Gasteiger partial charge in [0, 0.05) is 28.9 Å². The minimum absolute atomic E-state index is 0.208. The van der Waals surface area contributed by atoms with Crippen molar-refractivity contribution in [2.24, 2.45) is 0 Å². The number of aromatic nitrogens is 7. The van der Waals surface area contributed by atoms with Gasteiger partial charge in [-0.1, -0.05) is 0 Å². The highest BCUT2D eigenvalue weighted by Crippen LogP contribution is 2.33. The number of pyridine rings is 3. The summed E-state index contributed by atoms with van der Waals surface area (Å²) in [5.74, 6) is 1.42. The van der Waals surface area contributed by atoms with Gasteiger partial charge in [0.25, 0.3) is 0 Å². The SMILES string of the molecule is c1cc(-c2ccsc2)c2nc(-c3n[nH]c4cnc(-c5cncc(OC6CCNCC6)c5)cc34)[nH]c2n1. The topological polar surface area (TPSA) is 117 Å². The third-order valence-electron chi connectivity index (χ3n) is 6.49. The van der Waals surface area contributed by atoms with Crippen LogP contribution in [0.25, 0.3) is 56.0 Å². The zero-order valence-corrected chi connectivity index (χ0v) is 20.0. The number of ether oxygens (including phenoxy) is 1. The van der Waals surface area contributed by atoms with E-state index in [-0.39, 0.29) is 6.10 Å². The molecule has 1 saturated heterocycles. The molecule has 1 aliphatic heterocycles. The highest BCUT2D eigenvalue weighted by Gasteiger charge is 2.18. The summed E-state index contributed by atoms with van der Waals surface area (Å²) in [5, 5.41) is 16.1. The van der Waals surface area contributed by atoms with Gasteiger partial charge in [0.05, 0.1) is 23.6 Å². The van der Waals surface area contributed by atoms with Gasteiger partial charge in [0.15, 0.2) is 11.5 Å². The third kappa shape index (κ3) is 3.80. The fourth-order valence-corrected chi connectivity index (χ4v) is 5.31.